The molecule has 2 N–H and O–H groups in total. The van der Waals surface area contributed by atoms with Gasteiger partial charge >= 0.3 is 5.97 Å². The number of amides is 2. The number of H-pyrrole nitrogens is 1. The van der Waals surface area contributed by atoms with Crippen molar-refractivity contribution >= 4 is 50.9 Å². The van der Waals surface area contributed by atoms with Crippen LogP contribution in [0.2, 0.25) is 4.34 Å². The minimum atomic E-state index is -0.719. The lowest BCUT2D eigenvalue weighted by molar-refractivity contribution is -0.151. The number of nitrogens with zero attached hydrogens (tertiary/aromatic N) is 1. The van der Waals surface area contributed by atoms with Gasteiger partial charge in [0.1, 0.15) is 16.6 Å². The molecule has 1 aliphatic heterocycles. The van der Waals surface area contributed by atoms with Crippen molar-refractivity contribution in [3.8, 4) is 0 Å². The van der Waals surface area contributed by atoms with E-state index >= 15 is 0 Å². The lowest BCUT2D eigenvalue weighted by Gasteiger charge is -2.33. The van der Waals surface area contributed by atoms with Gasteiger partial charge in [0.05, 0.1) is 16.9 Å². The van der Waals surface area contributed by atoms with E-state index in [-0.39, 0.29) is 23.7 Å². The quantitative estimate of drug-likeness (QED) is 0.492. The molecule has 1 fully saturated rings. The van der Waals surface area contributed by atoms with Crippen molar-refractivity contribution in [2.45, 2.75) is 32.2 Å². The Kier molecular flexibility index (Phi) is 7.35. The van der Waals surface area contributed by atoms with Crippen molar-refractivity contribution in [1.29, 1.82) is 0 Å². The zero-order chi connectivity index (χ0) is 23.4. The van der Waals surface area contributed by atoms with Crippen molar-refractivity contribution in [3.63, 3.8) is 0 Å². The Balaban J connectivity index is 1.47. The van der Waals surface area contributed by atoms with Gasteiger partial charge in [-0.15, -0.1) is 11.3 Å². The second-order valence-electron chi connectivity index (χ2n) is 8.09. The smallest absolute Gasteiger partial charge is 0.309 e. The predicted octanol–water partition coefficient (Wildman–Crippen LogP) is 4.03. The van der Waals surface area contributed by atoms with Crippen molar-refractivity contribution in [2.75, 3.05) is 19.7 Å². The number of rotatable bonds is 7. The zero-order valence-corrected chi connectivity index (χ0v) is 19.9. The van der Waals surface area contributed by atoms with Crippen molar-refractivity contribution in [3.05, 3.63) is 58.1 Å². The van der Waals surface area contributed by atoms with Gasteiger partial charge in [0, 0.05) is 24.9 Å². The molecule has 7 nitrogen and oxygen atoms in total. The lowest BCUT2D eigenvalue weighted by atomic mass is 9.95. The number of ether oxygens (including phenoxy) is 1. The molecule has 1 saturated heterocycles. The first-order valence-corrected chi connectivity index (χ1v) is 12.2. The van der Waals surface area contributed by atoms with Crippen LogP contribution >= 0.6 is 22.9 Å². The minimum absolute atomic E-state index is 0.147. The van der Waals surface area contributed by atoms with E-state index in [0.717, 1.165) is 15.8 Å². The fourth-order valence-electron chi connectivity index (χ4n) is 4.12. The lowest BCUT2D eigenvalue weighted by Crippen LogP contribution is -2.52. The first-order chi connectivity index (χ1) is 15.9. The molecule has 174 valence electrons. The number of esters is 1. The monoisotopic (exact) mass is 487 g/mol. The highest BCUT2D eigenvalue weighted by Crippen LogP contribution is 2.29. The molecule has 0 saturated carbocycles. The summed E-state index contributed by atoms with van der Waals surface area (Å²) in [6, 6.07) is 12.4. The molecule has 0 spiro atoms. The average Bonchev–Trinajstić information content (AvgIpc) is 3.37. The van der Waals surface area contributed by atoms with Crippen LogP contribution in [0.3, 0.4) is 0 Å². The molecule has 2 amide bonds. The Morgan fingerprint density at radius 1 is 1.21 bits per heavy atom. The maximum Gasteiger partial charge on any atom is 0.309 e. The third kappa shape index (κ3) is 5.57. The van der Waals surface area contributed by atoms with E-state index in [9.17, 15) is 14.4 Å². The highest BCUT2D eigenvalue weighted by atomic mass is 35.5. The van der Waals surface area contributed by atoms with Crippen LogP contribution in [0.25, 0.3) is 10.2 Å². The number of carbonyl (C=O) groups excluding carboxylic acids is 3. The van der Waals surface area contributed by atoms with E-state index in [2.05, 4.69) is 10.3 Å². The summed E-state index contributed by atoms with van der Waals surface area (Å²) in [7, 11) is 0. The first-order valence-electron chi connectivity index (χ1n) is 11.0. The molecule has 0 radical (unpaired) electrons. The number of likely N-dealkylation sites (tertiary alicyclic amines) is 1. The Hall–Kier alpha value is -2.84. The summed E-state index contributed by atoms with van der Waals surface area (Å²) < 4.78 is 5.77. The normalized spacial score (nSPS) is 15.4. The number of aromatic nitrogens is 1. The summed E-state index contributed by atoms with van der Waals surface area (Å²) in [5.74, 6) is -0.878. The summed E-state index contributed by atoms with van der Waals surface area (Å²) in [4.78, 5) is 44.1. The summed E-state index contributed by atoms with van der Waals surface area (Å²) in [5, 5.41) is 3.78. The Labute approximate surface area is 201 Å². The number of halogens is 1. The Morgan fingerprint density at radius 3 is 2.61 bits per heavy atom. The number of fused-ring (bicyclic) bond motifs is 1. The number of piperidine rings is 1. The highest BCUT2D eigenvalue weighted by Gasteiger charge is 2.32. The second kappa shape index (κ2) is 10.4. The molecular weight excluding hydrogens is 462 g/mol. The third-order valence-corrected chi connectivity index (χ3v) is 7.03. The topological polar surface area (TPSA) is 91.5 Å². The fraction of sp³-hybridized carbons (Fsp3) is 0.375. The summed E-state index contributed by atoms with van der Waals surface area (Å²) in [6.45, 7) is 3.06. The van der Waals surface area contributed by atoms with Crippen LogP contribution in [0.4, 0.5) is 0 Å². The van der Waals surface area contributed by atoms with Gasteiger partial charge in [0.15, 0.2) is 0 Å². The van der Waals surface area contributed by atoms with Gasteiger partial charge in [-0.2, -0.15) is 0 Å². The largest absolute Gasteiger partial charge is 0.466 e. The van der Waals surface area contributed by atoms with Crippen LogP contribution in [-0.2, 0) is 20.7 Å². The first kappa shape index (κ1) is 23.3. The average molecular weight is 488 g/mol. The molecule has 0 unspecified atom stereocenters. The molecule has 2 aromatic heterocycles. The van der Waals surface area contributed by atoms with Crippen LogP contribution < -0.4 is 5.32 Å². The molecule has 1 aromatic carbocycles. The van der Waals surface area contributed by atoms with Crippen LogP contribution in [0.5, 0.6) is 0 Å². The van der Waals surface area contributed by atoms with E-state index < -0.39 is 6.04 Å². The van der Waals surface area contributed by atoms with Crippen molar-refractivity contribution in [2.24, 2.45) is 5.92 Å². The number of hydrogen-bond donors (Lipinski definition) is 2. The van der Waals surface area contributed by atoms with E-state index in [0.29, 0.717) is 49.0 Å². The predicted molar refractivity (Wildman–Crippen MR) is 129 cm³/mol. The van der Waals surface area contributed by atoms with Gasteiger partial charge < -0.3 is 19.9 Å². The number of aromatic amines is 1. The Bertz CT molecular complexity index is 1100. The molecule has 3 aromatic rings. The molecule has 9 heteroatoms. The molecular formula is C24H26ClN3O4S. The molecule has 4 rings (SSSR count). The van der Waals surface area contributed by atoms with Gasteiger partial charge in [-0.1, -0.05) is 41.9 Å². The third-order valence-electron chi connectivity index (χ3n) is 5.84. The van der Waals surface area contributed by atoms with E-state index in [1.165, 1.54) is 11.3 Å². The zero-order valence-electron chi connectivity index (χ0n) is 18.3. The van der Waals surface area contributed by atoms with Crippen LogP contribution in [0, 0.1) is 5.92 Å². The van der Waals surface area contributed by atoms with Gasteiger partial charge in [-0.05, 0) is 37.5 Å². The SMILES string of the molecule is CCOC(=O)C1CCN(C(=O)[C@H](Cc2ccccc2)NC(=O)c2cc3cc(Cl)sc3[nH]2)CC1. The summed E-state index contributed by atoms with van der Waals surface area (Å²) in [6.07, 6.45) is 1.50. The van der Waals surface area contributed by atoms with Gasteiger partial charge in [-0.25, -0.2) is 0 Å². The summed E-state index contributed by atoms with van der Waals surface area (Å²) in [5.41, 5.74) is 1.34. The molecule has 1 atom stereocenters. The number of nitrogens with one attached hydrogen (secondary N) is 2. The van der Waals surface area contributed by atoms with Crippen molar-refractivity contribution in [1.82, 2.24) is 15.2 Å². The number of carbonyl (C=O) groups is 3. The van der Waals surface area contributed by atoms with Crippen LogP contribution in [-0.4, -0.2) is 53.4 Å². The Morgan fingerprint density at radius 2 is 1.94 bits per heavy atom. The molecule has 33 heavy (non-hydrogen) atoms. The van der Waals surface area contributed by atoms with Crippen LogP contribution in [0.15, 0.2) is 42.5 Å². The van der Waals surface area contributed by atoms with E-state index in [4.69, 9.17) is 16.3 Å². The summed E-state index contributed by atoms with van der Waals surface area (Å²) >= 11 is 7.39. The number of thiophene rings is 1. The van der Waals surface area contributed by atoms with Crippen LogP contribution in [0.1, 0.15) is 35.8 Å². The minimum Gasteiger partial charge on any atom is -0.466 e. The molecule has 0 bridgehead atoms. The van der Waals surface area contributed by atoms with E-state index in [1.54, 1.807) is 24.0 Å². The van der Waals surface area contributed by atoms with E-state index in [1.807, 2.05) is 30.3 Å². The second-order valence-corrected chi connectivity index (χ2v) is 9.77. The van der Waals surface area contributed by atoms with Gasteiger partial charge in [0.25, 0.3) is 5.91 Å². The fourth-order valence-corrected chi connectivity index (χ4v) is 5.24. The number of hydrogen-bond acceptors (Lipinski definition) is 5. The standard InChI is InChI=1S/C24H26ClN3O4S/c1-2-32-24(31)16-8-10-28(11-9-16)23(30)19(12-15-6-4-3-5-7-15)26-21(29)18-13-17-14-20(25)33-22(17)27-18/h3-7,13-14,16,19,27H,2,8-12H2,1H3,(H,26,29)/t19-/m0/s1. The molecule has 1 aliphatic rings. The van der Waals surface area contributed by atoms with Gasteiger partial charge in [-0.3, -0.25) is 14.4 Å². The molecule has 3 heterocycles. The van der Waals surface area contributed by atoms with Crippen molar-refractivity contribution < 1.29 is 19.1 Å². The van der Waals surface area contributed by atoms with Gasteiger partial charge in [0.2, 0.25) is 5.91 Å². The highest BCUT2D eigenvalue weighted by molar-refractivity contribution is 7.22. The molecule has 0 aliphatic carbocycles. The number of benzene rings is 1. The maximum atomic E-state index is 13.4. The maximum absolute atomic E-state index is 13.4.